The Hall–Kier alpha value is 1.24. The van der Waals surface area contributed by atoms with E-state index < -0.39 is 0 Å². The largest absolute Gasteiger partial charge is 1.00 e. The molecule has 1 unspecified atom stereocenters. The van der Waals surface area contributed by atoms with Crippen LogP contribution in [0.25, 0.3) is 0 Å². The molecule has 1 nitrogen and oxygen atoms in total. The van der Waals surface area contributed by atoms with Gasteiger partial charge in [-0.1, -0.05) is 50.2 Å². The van der Waals surface area contributed by atoms with Crippen molar-refractivity contribution in [3.05, 3.63) is 0 Å². The molecule has 1 fully saturated rings. The molecular formula is C9H18NNaS2. The Morgan fingerprint density at radius 1 is 1.46 bits per heavy atom. The molecule has 1 aliphatic carbocycles. The van der Waals surface area contributed by atoms with E-state index in [0.29, 0.717) is 9.57 Å². The van der Waals surface area contributed by atoms with E-state index in [2.05, 4.69) is 6.92 Å². The van der Waals surface area contributed by atoms with Gasteiger partial charge in [-0.3, -0.25) is 0 Å². The summed E-state index contributed by atoms with van der Waals surface area (Å²) in [6.45, 7) is 2.25. The Morgan fingerprint density at radius 2 is 2.00 bits per heavy atom. The molecule has 13 heavy (non-hydrogen) atoms. The van der Waals surface area contributed by atoms with Crippen molar-refractivity contribution in [1.29, 1.82) is 0 Å². The molecule has 0 aliphatic heterocycles. The van der Waals surface area contributed by atoms with Crippen LogP contribution < -0.4 is 35.3 Å². The molecule has 1 saturated carbocycles. The van der Waals surface area contributed by atoms with Gasteiger partial charge < -0.3 is 7.16 Å². The maximum atomic E-state index is 5.49. The first-order valence-electron chi connectivity index (χ1n) is 4.66. The Labute approximate surface area is 114 Å². The molecule has 0 aromatic rings. The van der Waals surface area contributed by atoms with Crippen LogP contribution in [0.1, 0.15) is 40.5 Å². The van der Waals surface area contributed by atoms with Crippen molar-refractivity contribution in [2.24, 2.45) is 11.7 Å². The molecule has 0 radical (unpaired) electrons. The Kier molecular flexibility index (Phi) is 8.24. The SMILES string of the molecule is CC(SC(N)=S)C1CCCCC1.[H-].[Na+]. The van der Waals surface area contributed by atoms with Crippen molar-refractivity contribution in [2.75, 3.05) is 0 Å². The van der Waals surface area contributed by atoms with Gasteiger partial charge in [0.25, 0.3) is 0 Å². The minimum Gasteiger partial charge on any atom is -1.00 e. The Balaban J connectivity index is 0. The van der Waals surface area contributed by atoms with E-state index in [0.717, 1.165) is 5.92 Å². The van der Waals surface area contributed by atoms with Crippen LogP contribution in [-0.4, -0.2) is 9.57 Å². The minimum absolute atomic E-state index is 0. The summed E-state index contributed by atoms with van der Waals surface area (Å²) in [5, 5.41) is 0.628. The molecule has 0 heterocycles. The number of hydrogen-bond acceptors (Lipinski definition) is 2. The molecule has 1 atom stereocenters. The van der Waals surface area contributed by atoms with Gasteiger partial charge in [-0.05, 0) is 18.8 Å². The number of thioether (sulfide) groups is 1. The summed E-state index contributed by atoms with van der Waals surface area (Å²) in [6, 6.07) is 0. The van der Waals surface area contributed by atoms with Crippen molar-refractivity contribution in [3.8, 4) is 0 Å². The van der Waals surface area contributed by atoms with Gasteiger partial charge in [0.2, 0.25) is 0 Å². The summed E-state index contributed by atoms with van der Waals surface area (Å²) in [5.41, 5.74) is 5.49. The van der Waals surface area contributed by atoms with Gasteiger partial charge >= 0.3 is 29.6 Å². The molecule has 4 heteroatoms. The maximum Gasteiger partial charge on any atom is 1.00 e. The van der Waals surface area contributed by atoms with Gasteiger partial charge in [0.05, 0.1) is 0 Å². The van der Waals surface area contributed by atoms with E-state index in [1.165, 1.54) is 32.1 Å². The summed E-state index contributed by atoms with van der Waals surface area (Å²) in [6.07, 6.45) is 6.95. The first kappa shape index (κ1) is 14.2. The zero-order chi connectivity index (χ0) is 8.97. The van der Waals surface area contributed by atoms with Crippen LogP contribution in [-0.2, 0) is 0 Å². The third-order valence-electron chi connectivity index (χ3n) is 2.62. The number of hydrogen-bond donors (Lipinski definition) is 1. The van der Waals surface area contributed by atoms with Crippen molar-refractivity contribution in [3.63, 3.8) is 0 Å². The summed E-state index contributed by atoms with van der Waals surface area (Å²) in [4.78, 5) is 0. The zero-order valence-corrected chi connectivity index (χ0v) is 12.2. The van der Waals surface area contributed by atoms with Crippen molar-refractivity contribution < 1.29 is 31.0 Å². The normalized spacial score (nSPS) is 20.4. The first-order chi connectivity index (χ1) is 5.70. The maximum absolute atomic E-state index is 5.49. The minimum atomic E-state index is 0. The zero-order valence-electron chi connectivity index (χ0n) is 9.58. The van der Waals surface area contributed by atoms with Crippen LogP contribution in [0.5, 0.6) is 0 Å². The number of nitrogens with two attached hydrogens (primary N) is 1. The quantitative estimate of drug-likeness (QED) is 0.533. The molecule has 1 aliphatic rings. The van der Waals surface area contributed by atoms with Crippen LogP contribution in [0.15, 0.2) is 0 Å². The summed E-state index contributed by atoms with van der Waals surface area (Å²) in [7, 11) is 0. The fourth-order valence-electron chi connectivity index (χ4n) is 1.88. The summed E-state index contributed by atoms with van der Waals surface area (Å²) >= 11 is 6.55. The second kappa shape index (κ2) is 7.52. The average Bonchev–Trinajstić information content (AvgIpc) is 2.05. The Bertz CT molecular complexity index is 163. The van der Waals surface area contributed by atoms with Crippen LogP contribution >= 0.6 is 24.0 Å². The molecule has 0 aromatic carbocycles. The number of thiocarbonyl (C=S) groups is 1. The summed E-state index contributed by atoms with van der Waals surface area (Å²) in [5.74, 6) is 0.852. The molecular weight excluding hydrogens is 209 g/mol. The first-order valence-corrected chi connectivity index (χ1v) is 5.95. The predicted molar refractivity (Wildman–Crippen MR) is 61.5 cm³/mol. The van der Waals surface area contributed by atoms with E-state index in [1.54, 1.807) is 11.8 Å². The smallest absolute Gasteiger partial charge is 1.00 e. The van der Waals surface area contributed by atoms with Gasteiger partial charge in [0.1, 0.15) is 4.32 Å². The fraction of sp³-hybridized carbons (Fsp3) is 0.889. The van der Waals surface area contributed by atoms with Crippen LogP contribution in [0.3, 0.4) is 0 Å². The van der Waals surface area contributed by atoms with Gasteiger partial charge in [0, 0.05) is 5.25 Å². The third kappa shape index (κ3) is 5.63. The molecule has 0 amide bonds. The van der Waals surface area contributed by atoms with Gasteiger partial charge in [-0.25, -0.2) is 0 Å². The predicted octanol–water partition coefficient (Wildman–Crippen LogP) is 0.0485. The average molecular weight is 227 g/mol. The van der Waals surface area contributed by atoms with Crippen molar-refractivity contribution in [2.45, 2.75) is 44.3 Å². The molecule has 1 rings (SSSR count). The molecule has 2 N–H and O–H groups in total. The Morgan fingerprint density at radius 3 is 2.46 bits per heavy atom. The van der Waals surface area contributed by atoms with Crippen LogP contribution in [0.4, 0.5) is 0 Å². The van der Waals surface area contributed by atoms with Gasteiger partial charge in [-0.2, -0.15) is 0 Å². The second-order valence-electron chi connectivity index (χ2n) is 3.54. The molecule has 72 valence electrons. The molecule has 0 bridgehead atoms. The molecule has 0 spiro atoms. The van der Waals surface area contributed by atoms with Crippen LogP contribution in [0, 0.1) is 5.92 Å². The summed E-state index contributed by atoms with van der Waals surface area (Å²) < 4.78 is 0.605. The number of rotatable bonds is 2. The monoisotopic (exact) mass is 227 g/mol. The third-order valence-corrected chi connectivity index (χ3v) is 3.89. The standard InChI is InChI=1S/C9H17NS2.Na.H/c1-7(12-9(10)11)8-5-3-2-4-6-8;;/h7-8H,2-6H2,1H3,(H2,10,11);;/q;+1;-1. The van der Waals surface area contributed by atoms with E-state index in [4.69, 9.17) is 18.0 Å². The van der Waals surface area contributed by atoms with Crippen molar-refractivity contribution in [1.82, 2.24) is 0 Å². The van der Waals surface area contributed by atoms with Gasteiger partial charge in [-0.15, -0.1) is 0 Å². The molecule has 0 saturated heterocycles. The van der Waals surface area contributed by atoms with E-state index in [1.807, 2.05) is 0 Å². The van der Waals surface area contributed by atoms with Crippen molar-refractivity contribution >= 4 is 28.3 Å². The van der Waals surface area contributed by atoms with E-state index in [9.17, 15) is 0 Å². The molecule has 0 aromatic heterocycles. The van der Waals surface area contributed by atoms with Crippen LogP contribution in [0.2, 0.25) is 0 Å². The van der Waals surface area contributed by atoms with E-state index >= 15 is 0 Å². The topological polar surface area (TPSA) is 26.0 Å². The fourth-order valence-corrected chi connectivity index (χ4v) is 3.17. The second-order valence-corrected chi connectivity index (χ2v) is 5.66. The van der Waals surface area contributed by atoms with E-state index in [-0.39, 0.29) is 31.0 Å². The van der Waals surface area contributed by atoms with Gasteiger partial charge in [0.15, 0.2) is 0 Å².